The lowest BCUT2D eigenvalue weighted by atomic mass is 10.4. The van der Waals surface area contributed by atoms with E-state index in [1.807, 2.05) is 13.8 Å². The number of carbonyl (C=O) groups is 2. The molecule has 0 aliphatic heterocycles. The summed E-state index contributed by atoms with van der Waals surface area (Å²) in [6, 6.07) is 0. The van der Waals surface area contributed by atoms with Gasteiger partial charge in [-0.2, -0.15) is 0 Å². The molecule has 0 rings (SSSR count). The average Bonchev–Trinajstić information content (AvgIpc) is 2.26. The van der Waals surface area contributed by atoms with Crippen LogP contribution in [0.5, 0.6) is 0 Å². The number of esters is 1. The first-order chi connectivity index (χ1) is 7.61. The van der Waals surface area contributed by atoms with Gasteiger partial charge in [-0.05, 0) is 12.8 Å². The summed E-state index contributed by atoms with van der Waals surface area (Å²) in [7, 11) is 1.51. The van der Waals surface area contributed by atoms with E-state index in [-0.39, 0.29) is 6.54 Å². The molecule has 0 saturated heterocycles. The third-order valence-electron chi connectivity index (χ3n) is 1.87. The molecule has 0 N–H and O–H groups in total. The molecular formula is C11H21NO4. The number of nitrogens with zero attached hydrogens (tertiary/aromatic N) is 1. The van der Waals surface area contributed by atoms with Gasteiger partial charge < -0.3 is 14.4 Å². The zero-order chi connectivity index (χ0) is 12.4. The van der Waals surface area contributed by atoms with Crippen molar-refractivity contribution < 1.29 is 19.1 Å². The SMILES string of the molecule is CCCCOC(=O)CN(C)C(=O)OCCC. The molecular weight excluding hydrogens is 210 g/mol. The summed E-state index contributed by atoms with van der Waals surface area (Å²) in [5, 5.41) is 0. The Kier molecular flexibility index (Phi) is 8.29. The van der Waals surface area contributed by atoms with Crippen molar-refractivity contribution in [1.29, 1.82) is 0 Å². The highest BCUT2D eigenvalue weighted by Crippen LogP contribution is 1.94. The zero-order valence-electron chi connectivity index (χ0n) is 10.3. The van der Waals surface area contributed by atoms with Crippen LogP contribution in [0.2, 0.25) is 0 Å². The maximum absolute atomic E-state index is 11.3. The fraction of sp³-hybridized carbons (Fsp3) is 0.818. The predicted molar refractivity (Wildman–Crippen MR) is 60.1 cm³/mol. The Morgan fingerprint density at radius 1 is 1.06 bits per heavy atom. The highest BCUT2D eigenvalue weighted by molar-refractivity contribution is 5.77. The van der Waals surface area contributed by atoms with Gasteiger partial charge in [-0.15, -0.1) is 0 Å². The highest BCUT2D eigenvalue weighted by Gasteiger charge is 2.14. The molecule has 5 nitrogen and oxygen atoms in total. The fourth-order valence-electron chi connectivity index (χ4n) is 0.934. The van der Waals surface area contributed by atoms with Gasteiger partial charge in [-0.25, -0.2) is 4.79 Å². The number of rotatable bonds is 7. The molecule has 1 amide bonds. The first-order valence-corrected chi connectivity index (χ1v) is 5.65. The van der Waals surface area contributed by atoms with Crippen molar-refractivity contribution in [2.24, 2.45) is 0 Å². The first-order valence-electron chi connectivity index (χ1n) is 5.65. The van der Waals surface area contributed by atoms with Crippen LogP contribution in [0, 0.1) is 0 Å². The quantitative estimate of drug-likeness (QED) is 0.495. The Labute approximate surface area is 96.7 Å². The van der Waals surface area contributed by atoms with Crippen LogP contribution in [-0.4, -0.2) is 43.8 Å². The second-order valence-corrected chi connectivity index (χ2v) is 3.54. The van der Waals surface area contributed by atoms with Gasteiger partial charge in [-0.3, -0.25) is 4.79 Å². The Balaban J connectivity index is 3.71. The molecule has 0 bridgehead atoms. The molecule has 16 heavy (non-hydrogen) atoms. The normalized spacial score (nSPS) is 9.69. The summed E-state index contributed by atoms with van der Waals surface area (Å²) in [6.45, 7) is 4.64. The van der Waals surface area contributed by atoms with Crippen LogP contribution in [0.15, 0.2) is 0 Å². The molecule has 0 fully saturated rings. The molecule has 0 aliphatic rings. The topological polar surface area (TPSA) is 55.8 Å². The molecule has 0 saturated carbocycles. The minimum absolute atomic E-state index is 0.0632. The van der Waals surface area contributed by atoms with Crippen molar-refractivity contribution in [3.05, 3.63) is 0 Å². The van der Waals surface area contributed by atoms with E-state index < -0.39 is 12.1 Å². The van der Waals surface area contributed by atoms with E-state index in [4.69, 9.17) is 9.47 Å². The Morgan fingerprint density at radius 3 is 2.31 bits per heavy atom. The number of hydrogen-bond donors (Lipinski definition) is 0. The van der Waals surface area contributed by atoms with Crippen LogP contribution < -0.4 is 0 Å². The summed E-state index contributed by atoms with van der Waals surface area (Å²) in [6.07, 6.45) is 2.09. The lowest BCUT2D eigenvalue weighted by Gasteiger charge is -2.15. The van der Waals surface area contributed by atoms with E-state index in [9.17, 15) is 9.59 Å². The molecule has 0 aliphatic carbocycles. The fourth-order valence-corrected chi connectivity index (χ4v) is 0.934. The van der Waals surface area contributed by atoms with E-state index in [2.05, 4.69) is 0 Å². The van der Waals surface area contributed by atoms with Gasteiger partial charge in [0, 0.05) is 7.05 Å². The number of carbonyl (C=O) groups excluding carboxylic acids is 2. The second-order valence-electron chi connectivity index (χ2n) is 3.54. The van der Waals surface area contributed by atoms with Gasteiger partial charge in [-0.1, -0.05) is 20.3 Å². The smallest absolute Gasteiger partial charge is 0.410 e. The monoisotopic (exact) mass is 231 g/mol. The maximum Gasteiger partial charge on any atom is 0.410 e. The number of unbranched alkanes of at least 4 members (excludes halogenated alkanes) is 1. The first kappa shape index (κ1) is 14.7. The van der Waals surface area contributed by atoms with Crippen LogP contribution >= 0.6 is 0 Å². The largest absolute Gasteiger partial charge is 0.464 e. The number of amides is 1. The minimum Gasteiger partial charge on any atom is -0.464 e. The van der Waals surface area contributed by atoms with Gasteiger partial charge in [0.15, 0.2) is 0 Å². The molecule has 0 atom stereocenters. The summed E-state index contributed by atoms with van der Waals surface area (Å²) in [5.74, 6) is -0.399. The number of likely N-dealkylation sites (N-methyl/N-ethyl adjacent to an activating group) is 1. The summed E-state index contributed by atoms with van der Waals surface area (Å²) in [5.41, 5.74) is 0. The van der Waals surface area contributed by atoms with Crippen molar-refractivity contribution in [3.63, 3.8) is 0 Å². The second kappa shape index (κ2) is 9.00. The Hall–Kier alpha value is -1.26. The van der Waals surface area contributed by atoms with Crippen LogP contribution in [0.25, 0.3) is 0 Å². The van der Waals surface area contributed by atoms with Crippen molar-refractivity contribution in [2.75, 3.05) is 26.8 Å². The molecule has 0 heterocycles. The van der Waals surface area contributed by atoms with Crippen LogP contribution in [0.4, 0.5) is 4.79 Å². The molecule has 0 radical (unpaired) electrons. The van der Waals surface area contributed by atoms with Gasteiger partial charge >= 0.3 is 12.1 Å². The third kappa shape index (κ3) is 7.09. The molecule has 94 valence electrons. The maximum atomic E-state index is 11.3. The van der Waals surface area contributed by atoms with Gasteiger partial charge in [0.1, 0.15) is 6.54 Å². The van der Waals surface area contributed by atoms with Crippen LogP contribution in [-0.2, 0) is 14.3 Å². The van der Waals surface area contributed by atoms with Gasteiger partial charge in [0.05, 0.1) is 13.2 Å². The molecule has 0 aromatic rings. The van der Waals surface area contributed by atoms with Crippen molar-refractivity contribution in [1.82, 2.24) is 4.90 Å². The van der Waals surface area contributed by atoms with E-state index in [0.29, 0.717) is 13.2 Å². The Bertz CT molecular complexity index is 218. The molecule has 0 aromatic carbocycles. The van der Waals surface area contributed by atoms with E-state index in [1.165, 1.54) is 11.9 Å². The van der Waals surface area contributed by atoms with Gasteiger partial charge in [0.25, 0.3) is 0 Å². The van der Waals surface area contributed by atoms with E-state index >= 15 is 0 Å². The molecule has 5 heteroatoms. The van der Waals surface area contributed by atoms with E-state index in [1.54, 1.807) is 0 Å². The summed E-state index contributed by atoms with van der Waals surface area (Å²) < 4.78 is 9.78. The molecule has 0 aromatic heterocycles. The van der Waals surface area contributed by atoms with Crippen LogP contribution in [0.1, 0.15) is 33.1 Å². The van der Waals surface area contributed by atoms with Crippen molar-refractivity contribution >= 4 is 12.1 Å². The molecule has 0 spiro atoms. The number of ether oxygens (including phenoxy) is 2. The lowest BCUT2D eigenvalue weighted by molar-refractivity contribution is -0.144. The standard InChI is InChI=1S/C11H21NO4/c1-4-6-8-15-10(13)9-12(3)11(14)16-7-5-2/h4-9H2,1-3H3. The minimum atomic E-state index is -0.491. The van der Waals surface area contributed by atoms with Crippen molar-refractivity contribution in [3.8, 4) is 0 Å². The van der Waals surface area contributed by atoms with Crippen molar-refractivity contribution in [2.45, 2.75) is 33.1 Å². The summed E-state index contributed by atoms with van der Waals surface area (Å²) in [4.78, 5) is 23.7. The average molecular weight is 231 g/mol. The Morgan fingerprint density at radius 2 is 1.75 bits per heavy atom. The highest BCUT2D eigenvalue weighted by atomic mass is 16.6. The zero-order valence-corrected chi connectivity index (χ0v) is 10.3. The van der Waals surface area contributed by atoms with E-state index in [0.717, 1.165) is 19.3 Å². The predicted octanol–water partition coefficient (Wildman–Crippen LogP) is 1.81. The van der Waals surface area contributed by atoms with Crippen LogP contribution in [0.3, 0.4) is 0 Å². The number of hydrogen-bond acceptors (Lipinski definition) is 4. The lowest BCUT2D eigenvalue weighted by Crippen LogP contribution is -2.33. The van der Waals surface area contributed by atoms with Gasteiger partial charge in [0.2, 0.25) is 0 Å². The molecule has 0 unspecified atom stereocenters. The third-order valence-corrected chi connectivity index (χ3v) is 1.87. The summed E-state index contributed by atoms with van der Waals surface area (Å²) >= 11 is 0.